The topological polar surface area (TPSA) is 43.4 Å². The molecule has 1 aromatic carbocycles. The minimum atomic E-state index is 0.660. The molecule has 0 aliphatic carbocycles. The van der Waals surface area contributed by atoms with Crippen LogP contribution in [0.25, 0.3) is 0 Å². The molecule has 1 heterocycles. The highest BCUT2D eigenvalue weighted by molar-refractivity contribution is 5.42. The predicted octanol–water partition coefficient (Wildman–Crippen LogP) is 2.43. The average molecular weight is 272 g/mol. The highest BCUT2D eigenvalue weighted by atomic mass is 16.5. The van der Waals surface area contributed by atoms with Gasteiger partial charge >= 0.3 is 0 Å². The summed E-state index contributed by atoms with van der Waals surface area (Å²) < 4.78 is 10.6. The van der Waals surface area contributed by atoms with Gasteiger partial charge in [-0.2, -0.15) is 0 Å². The van der Waals surface area contributed by atoms with Crippen molar-refractivity contribution in [3.05, 3.63) is 53.9 Å². The van der Waals surface area contributed by atoms with E-state index in [1.165, 1.54) is 5.56 Å². The Labute approximate surface area is 119 Å². The second kappa shape index (κ2) is 7.50. The molecule has 0 bridgehead atoms. The quantitative estimate of drug-likeness (QED) is 0.786. The summed E-state index contributed by atoms with van der Waals surface area (Å²) in [5.41, 5.74) is 2.19. The van der Waals surface area contributed by atoms with Gasteiger partial charge in [0.15, 0.2) is 11.5 Å². The highest BCUT2D eigenvalue weighted by Gasteiger charge is 2.10. The van der Waals surface area contributed by atoms with Crippen LogP contribution in [0.4, 0.5) is 0 Å². The number of ether oxygens (including phenoxy) is 2. The van der Waals surface area contributed by atoms with Gasteiger partial charge in [0.1, 0.15) is 0 Å². The number of pyridine rings is 1. The van der Waals surface area contributed by atoms with Gasteiger partial charge in [-0.1, -0.05) is 30.3 Å². The third kappa shape index (κ3) is 3.71. The molecule has 0 atom stereocenters. The molecule has 1 N–H and O–H groups in total. The lowest BCUT2D eigenvalue weighted by Gasteiger charge is -2.12. The van der Waals surface area contributed by atoms with Gasteiger partial charge in [0.05, 0.1) is 19.9 Å². The van der Waals surface area contributed by atoms with Gasteiger partial charge in [-0.05, 0) is 18.5 Å². The van der Waals surface area contributed by atoms with Crippen molar-refractivity contribution in [2.75, 3.05) is 20.8 Å². The van der Waals surface area contributed by atoms with Crippen LogP contribution in [-0.2, 0) is 13.0 Å². The summed E-state index contributed by atoms with van der Waals surface area (Å²) in [4.78, 5) is 4.34. The molecule has 1 aromatic heterocycles. The summed E-state index contributed by atoms with van der Waals surface area (Å²) in [6.45, 7) is 1.55. The monoisotopic (exact) mass is 272 g/mol. The number of methoxy groups -OCH3 is 2. The maximum Gasteiger partial charge on any atom is 0.183 e. The number of aromatic nitrogens is 1. The molecule has 0 unspecified atom stereocenters. The van der Waals surface area contributed by atoms with Crippen LogP contribution in [-0.4, -0.2) is 25.7 Å². The van der Waals surface area contributed by atoms with Gasteiger partial charge < -0.3 is 14.8 Å². The van der Waals surface area contributed by atoms with Crippen molar-refractivity contribution in [1.29, 1.82) is 0 Å². The number of benzene rings is 1. The number of hydrogen-bond acceptors (Lipinski definition) is 4. The van der Waals surface area contributed by atoms with Crippen LogP contribution in [0.3, 0.4) is 0 Å². The van der Waals surface area contributed by atoms with Crippen molar-refractivity contribution in [3.8, 4) is 11.5 Å². The van der Waals surface area contributed by atoms with E-state index in [1.807, 2.05) is 6.07 Å². The first kappa shape index (κ1) is 14.3. The van der Waals surface area contributed by atoms with Gasteiger partial charge in [0.2, 0.25) is 0 Å². The van der Waals surface area contributed by atoms with Crippen molar-refractivity contribution in [2.24, 2.45) is 0 Å². The number of nitrogens with zero attached hydrogens (tertiary/aromatic N) is 1. The van der Waals surface area contributed by atoms with E-state index in [0.717, 1.165) is 18.7 Å². The van der Waals surface area contributed by atoms with Crippen LogP contribution in [0.1, 0.15) is 11.3 Å². The van der Waals surface area contributed by atoms with Gasteiger partial charge in [0, 0.05) is 18.8 Å². The van der Waals surface area contributed by atoms with E-state index in [0.29, 0.717) is 18.0 Å². The fourth-order valence-electron chi connectivity index (χ4n) is 2.06. The molecule has 20 heavy (non-hydrogen) atoms. The molecule has 0 radical (unpaired) electrons. The second-order valence-corrected chi connectivity index (χ2v) is 4.41. The zero-order valence-corrected chi connectivity index (χ0v) is 11.9. The minimum Gasteiger partial charge on any atom is -0.493 e. The molecule has 0 fully saturated rings. The summed E-state index contributed by atoms with van der Waals surface area (Å²) in [5.74, 6) is 1.41. The Morgan fingerprint density at radius 3 is 2.55 bits per heavy atom. The molecule has 2 aromatic rings. The normalized spacial score (nSPS) is 10.3. The number of hydrogen-bond donors (Lipinski definition) is 1. The Morgan fingerprint density at radius 2 is 1.85 bits per heavy atom. The first-order valence-electron chi connectivity index (χ1n) is 6.65. The zero-order chi connectivity index (χ0) is 14.2. The lowest BCUT2D eigenvalue weighted by molar-refractivity contribution is 0.348. The van der Waals surface area contributed by atoms with E-state index in [4.69, 9.17) is 9.47 Å². The molecule has 106 valence electrons. The van der Waals surface area contributed by atoms with Crippen LogP contribution < -0.4 is 14.8 Å². The largest absolute Gasteiger partial charge is 0.493 e. The molecular weight excluding hydrogens is 252 g/mol. The van der Waals surface area contributed by atoms with E-state index >= 15 is 0 Å². The Balaban J connectivity index is 1.88. The van der Waals surface area contributed by atoms with E-state index in [-0.39, 0.29) is 0 Å². The van der Waals surface area contributed by atoms with E-state index in [2.05, 4.69) is 34.6 Å². The van der Waals surface area contributed by atoms with Crippen LogP contribution >= 0.6 is 0 Å². The van der Waals surface area contributed by atoms with Crippen LogP contribution in [0.15, 0.2) is 42.6 Å². The summed E-state index contributed by atoms with van der Waals surface area (Å²) in [5, 5.41) is 3.38. The van der Waals surface area contributed by atoms with E-state index in [1.54, 1.807) is 26.5 Å². The van der Waals surface area contributed by atoms with Gasteiger partial charge in [-0.25, -0.2) is 0 Å². The third-order valence-corrected chi connectivity index (χ3v) is 3.09. The maximum absolute atomic E-state index is 5.36. The smallest absolute Gasteiger partial charge is 0.183 e. The minimum absolute atomic E-state index is 0.660. The van der Waals surface area contributed by atoms with Crippen molar-refractivity contribution < 1.29 is 9.47 Å². The van der Waals surface area contributed by atoms with Crippen LogP contribution in [0.2, 0.25) is 0 Å². The maximum atomic E-state index is 5.36. The number of nitrogens with one attached hydrogen (secondary N) is 1. The Morgan fingerprint density at radius 1 is 1.05 bits per heavy atom. The van der Waals surface area contributed by atoms with Crippen molar-refractivity contribution >= 4 is 0 Å². The molecule has 0 aliphatic heterocycles. The molecule has 0 aliphatic rings. The molecule has 0 saturated heterocycles. The lowest BCUT2D eigenvalue weighted by atomic mass is 10.1. The van der Waals surface area contributed by atoms with E-state index < -0.39 is 0 Å². The Bertz CT molecular complexity index is 529. The standard InChI is InChI=1S/C16H20N2O2/c1-19-15-9-11-18-14(16(15)20-2)12-17-10-8-13-6-4-3-5-7-13/h3-7,9,11,17H,8,10,12H2,1-2H3. The molecule has 4 nitrogen and oxygen atoms in total. The van der Waals surface area contributed by atoms with Crippen molar-refractivity contribution in [2.45, 2.75) is 13.0 Å². The average Bonchev–Trinajstić information content (AvgIpc) is 2.52. The summed E-state index contributed by atoms with van der Waals surface area (Å²) >= 11 is 0. The van der Waals surface area contributed by atoms with Crippen molar-refractivity contribution in [1.82, 2.24) is 10.3 Å². The SMILES string of the molecule is COc1ccnc(CNCCc2ccccc2)c1OC. The molecule has 0 amide bonds. The molecule has 0 saturated carbocycles. The van der Waals surface area contributed by atoms with Crippen LogP contribution in [0, 0.1) is 0 Å². The van der Waals surface area contributed by atoms with Gasteiger partial charge in [-0.15, -0.1) is 0 Å². The summed E-state index contributed by atoms with van der Waals surface area (Å²) in [6, 6.07) is 12.2. The number of rotatable bonds is 7. The van der Waals surface area contributed by atoms with Gasteiger partial charge in [0.25, 0.3) is 0 Å². The first-order chi connectivity index (χ1) is 9.85. The Hall–Kier alpha value is -2.07. The zero-order valence-electron chi connectivity index (χ0n) is 11.9. The fourth-order valence-corrected chi connectivity index (χ4v) is 2.06. The summed E-state index contributed by atoms with van der Waals surface area (Å²) in [7, 11) is 3.26. The van der Waals surface area contributed by atoms with Crippen LogP contribution in [0.5, 0.6) is 11.5 Å². The molecule has 4 heteroatoms. The van der Waals surface area contributed by atoms with Gasteiger partial charge in [-0.3, -0.25) is 4.98 Å². The highest BCUT2D eigenvalue weighted by Crippen LogP contribution is 2.28. The second-order valence-electron chi connectivity index (χ2n) is 4.41. The first-order valence-corrected chi connectivity index (χ1v) is 6.65. The predicted molar refractivity (Wildman–Crippen MR) is 79.2 cm³/mol. The molecular formula is C16H20N2O2. The molecule has 2 rings (SSSR count). The van der Waals surface area contributed by atoms with E-state index in [9.17, 15) is 0 Å². The van der Waals surface area contributed by atoms with Crippen molar-refractivity contribution in [3.63, 3.8) is 0 Å². The fraction of sp³-hybridized carbons (Fsp3) is 0.312. The summed E-state index contributed by atoms with van der Waals surface area (Å²) in [6.07, 6.45) is 2.72. The lowest BCUT2D eigenvalue weighted by Crippen LogP contribution is -2.18. The Kier molecular flexibility index (Phi) is 5.38. The molecule has 0 spiro atoms. The third-order valence-electron chi connectivity index (χ3n) is 3.09.